The number of nitrogens with two attached hydrogens (primary N) is 1. The largest absolute Gasteiger partial charge is 0.493 e. The highest BCUT2D eigenvalue weighted by Crippen LogP contribution is 2.36. The average molecular weight is 316 g/mol. The van der Waals surface area contributed by atoms with Crippen molar-refractivity contribution in [3.05, 3.63) is 29.6 Å². The van der Waals surface area contributed by atoms with Gasteiger partial charge in [0.2, 0.25) is 0 Å². The van der Waals surface area contributed by atoms with Crippen LogP contribution >= 0.6 is 0 Å². The van der Waals surface area contributed by atoms with Gasteiger partial charge >= 0.3 is 0 Å². The quantitative estimate of drug-likeness (QED) is 0.918. The van der Waals surface area contributed by atoms with Gasteiger partial charge in [0.25, 0.3) is 0 Å². The summed E-state index contributed by atoms with van der Waals surface area (Å²) in [5.41, 5.74) is 8.86. The van der Waals surface area contributed by atoms with Crippen LogP contribution in [-0.4, -0.2) is 29.2 Å². The summed E-state index contributed by atoms with van der Waals surface area (Å²) in [7, 11) is 3.27. The molecule has 0 atom stereocenters. The molecule has 2 N–H and O–H groups in total. The van der Waals surface area contributed by atoms with Gasteiger partial charge in [-0.1, -0.05) is 24.5 Å². The predicted molar refractivity (Wildman–Crippen MR) is 88.2 cm³/mol. The lowest BCUT2D eigenvalue weighted by atomic mass is 9.86. The first-order chi connectivity index (χ1) is 11.3. The maximum absolute atomic E-state index is 5.89. The number of methoxy groups -OCH3 is 2. The first kappa shape index (κ1) is 15.8. The summed E-state index contributed by atoms with van der Waals surface area (Å²) >= 11 is 0. The van der Waals surface area contributed by atoms with Crippen LogP contribution in [0.5, 0.6) is 11.5 Å². The molecule has 0 aliphatic heterocycles. The lowest BCUT2D eigenvalue weighted by Gasteiger charge is -2.23. The van der Waals surface area contributed by atoms with Gasteiger partial charge in [-0.3, -0.25) is 0 Å². The Labute approximate surface area is 136 Å². The first-order valence-electron chi connectivity index (χ1n) is 8.15. The van der Waals surface area contributed by atoms with Crippen LogP contribution in [0, 0.1) is 0 Å². The zero-order valence-electron chi connectivity index (χ0n) is 13.8. The molecular weight excluding hydrogens is 292 g/mol. The van der Waals surface area contributed by atoms with Crippen LogP contribution in [0.3, 0.4) is 0 Å². The molecule has 1 aromatic carbocycles. The molecule has 0 unspecified atom stereocenters. The Morgan fingerprint density at radius 1 is 1.13 bits per heavy atom. The molecule has 1 aliphatic carbocycles. The van der Waals surface area contributed by atoms with E-state index in [2.05, 4.69) is 10.3 Å². The van der Waals surface area contributed by atoms with Gasteiger partial charge in [-0.05, 0) is 25.0 Å². The molecular formula is C17H24N4O2. The van der Waals surface area contributed by atoms with E-state index in [1.807, 2.05) is 22.9 Å². The molecule has 0 radical (unpaired) electrons. The average Bonchev–Trinajstić information content (AvgIpc) is 3.05. The van der Waals surface area contributed by atoms with Gasteiger partial charge in [0.1, 0.15) is 5.69 Å². The number of ether oxygens (including phenoxy) is 2. The maximum atomic E-state index is 5.89. The van der Waals surface area contributed by atoms with E-state index in [0.29, 0.717) is 24.0 Å². The van der Waals surface area contributed by atoms with Crippen molar-refractivity contribution in [3.8, 4) is 17.2 Å². The van der Waals surface area contributed by atoms with Crippen molar-refractivity contribution >= 4 is 0 Å². The molecule has 1 aromatic heterocycles. The van der Waals surface area contributed by atoms with Gasteiger partial charge in [-0.2, -0.15) is 0 Å². The SMILES string of the molecule is COc1ccc(-n2nnc(CN)c2C2CCCCC2)cc1OC. The van der Waals surface area contributed by atoms with Gasteiger partial charge < -0.3 is 15.2 Å². The predicted octanol–water partition coefficient (Wildman–Crippen LogP) is 2.79. The Kier molecular flexibility index (Phi) is 4.81. The summed E-state index contributed by atoms with van der Waals surface area (Å²) in [6.45, 7) is 0.416. The highest BCUT2D eigenvalue weighted by molar-refractivity contribution is 5.49. The molecule has 1 heterocycles. The molecule has 0 amide bonds. The van der Waals surface area contributed by atoms with E-state index in [9.17, 15) is 0 Å². The van der Waals surface area contributed by atoms with Gasteiger partial charge in [0.05, 0.1) is 25.6 Å². The van der Waals surface area contributed by atoms with Crippen LogP contribution in [0.4, 0.5) is 0 Å². The molecule has 2 aromatic rings. The van der Waals surface area contributed by atoms with Gasteiger partial charge in [0, 0.05) is 18.5 Å². The highest BCUT2D eigenvalue weighted by atomic mass is 16.5. The standard InChI is InChI=1S/C17H24N4O2/c1-22-15-9-8-13(10-16(15)23-2)21-17(14(11-18)19-20-21)12-6-4-3-5-7-12/h8-10,12H,3-7,11,18H2,1-2H3. The van der Waals surface area contributed by atoms with Gasteiger partial charge in [-0.25, -0.2) is 4.68 Å². The Hall–Kier alpha value is -2.08. The van der Waals surface area contributed by atoms with E-state index in [1.54, 1.807) is 14.2 Å². The van der Waals surface area contributed by atoms with Crippen molar-refractivity contribution in [1.82, 2.24) is 15.0 Å². The third kappa shape index (κ3) is 3.03. The zero-order valence-corrected chi connectivity index (χ0v) is 13.8. The second kappa shape index (κ2) is 7.00. The minimum absolute atomic E-state index is 0.416. The van der Waals surface area contributed by atoms with Crippen molar-refractivity contribution < 1.29 is 9.47 Å². The second-order valence-corrected chi connectivity index (χ2v) is 5.91. The van der Waals surface area contributed by atoms with E-state index in [-0.39, 0.29) is 0 Å². The number of benzene rings is 1. The summed E-state index contributed by atoms with van der Waals surface area (Å²) in [6.07, 6.45) is 6.17. The highest BCUT2D eigenvalue weighted by Gasteiger charge is 2.25. The van der Waals surface area contributed by atoms with E-state index >= 15 is 0 Å². The van der Waals surface area contributed by atoms with Crippen molar-refractivity contribution in [2.45, 2.75) is 44.6 Å². The summed E-state index contributed by atoms with van der Waals surface area (Å²) in [4.78, 5) is 0. The van der Waals surface area contributed by atoms with Crippen LogP contribution < -0.4 is 15.2 Å². The lowest BCUT2D eigenvalue weighted by molar-refractivity contribution is 0.354. The Bertz CT molecular complexity index is 663. The summed E-state index contributed by atoms with van der Waals surface area (Å²) < 4.78 is 12.6. The summed E-state index contributed by atoms with van der Waals surface area (Å²) in [5.74, 6) is 1.87. The Morgan fingerprint density at radius 2 is 1.87 bits per heavy atom. The molecule has 0 spiro atoms. The van der Waals surface area contributed by atoms with Crippen LogP contribution in [0.1, 0.15) is 49.4 Å². The second-order valence-electron chi connectivity index (χ2n) is 5.91. The van der Waals surface area contributed by atoms with E-state index in [4.69, 9.17) is 15.2 Å². The van der Waals surface area contributed by atoms with Crippen molar-refractivity contribution in [3.63, 3.8) is 0 Å². The molecule has 1 fully saturated rings. The molecule has 1 saturated carbocycles. The van der Waals surface area contributed by atoms with Crippen LogP contribution in [-0.2, 0) is 6.54 Å². The molecule has 1 aliphatic rings. The fourth-order valence-corrected chi connectivity index (χ4v) is 3.40. The first-order valence-corrected chi connectivity index (χ1v) is 8.15. The third-order valence-electron chi connectivity index (χ3n) is 4.58. The number of rotatable bonds is 5. The van der Waals surface area contributed by atoms with Crippen LogP contribution in [0.15, 0.2) is 18.2 Å². The van der Waals surface area contributed by atoms with Crippen molar-refractivity contribution in [1.29, 1.82) is 0 Å². The minimum atomic E-state index is 0.416. The lowest BCUT2D eigenvalue weighted by Crippen LogP contribution is -2.14. The Balaban J connectivity index is 2.04. The molecule has 6 heteroatoms. The van der Waals surface area contributed by atoms with E-state index < -0.39 is 0 Å². The number of hydrogen-bond acceptors (Lipinski definition) is 5. The fraction of sp³-hybridized carbons (Fsp3) is 0.529. The monoisotopic (exact) mass is 316 g/mol. The third-order valence-corrected chi connectivity index (χ3v) is 4.58. The molecule has 124 valence electrons. The van der Waals surface area contributed by atoms with Crippen LogP contribution in [0.2, 0.25) is 0 Å². The molecule has 23 heavy (non-hydrogen) atoms. The smallest absolute Gasteiger partial charge is 0.162 e. The zero-order chi connectivity index (χ0) is 16.2. The number of hydrogen-bond donors (Lipinski definition) is 1. The molecule has 6 nitrogen and oxygen atoms in total. The Morgan fingerprint density at radius 3 is 2.52 bits per heavy atom. The van der Waals surface area contributed by atoms with E-state index in [1.165, 1.54) is 32.1 Å². The maximum Gasteiger partial charge on any atom is 0.162 e. The van der Waals surface area contributed by atoms with Crippen molar-refractivity contribution in [2.75, 3.05) is 14.2 Å². The minimum Gasteiger partial charge on any atom is -0.493 e. The fourth-order valence-electron chi connectivity index (χ4n) is 3.40. The summed E-state index contributed by atoms with van der Waals surface area (Å²) in [5, 5.41) is 8.65. The number of nitrogens with zero attached hydrogens (tertiary/aromatic N) is 3. The topological polar surface area (TPSA) is 75.2 Å². The van der Waals surface area contributed by atoms with Gasteiger partial charge in [0.15, 0.2) is 11.5 Å². The van der Waals surface area contributed by atoms with Crippen LogP contribution in [0.25, 0.3) is 5.69 Å². The van der Waals surface area contributed by atoms with Gasteiger partial charge in [-0.15, -0.1) is 5.10 Å². The molecule has 0 saturated heterocycles. The summed E-state index contributed by atoms with van der Waals surface area (Å²) in [6, 6.07) is 5.80. The van der Waals surface area contributed by atoms with E-state index in [0.717, 1.165) is 17.1 Å². The number of aromatic nitrogens is 3. The molecule has 0 bridgehead atoms. The normalized spacial score (nSPS) is 15.6. The molecule has 3 rings (SSSR count). The van der Waals surface area contributed by atoms with Crippen molar-refractivity contribution in [2.24, 2.45) is 5.73 Å².